The van der Waals surface area contributed by atoms with Crippen molar-refractivity contribution in [1.29, 1.82) is 0 Å². The van der Waals surface area contributed by atoms with E-state index in [0.29, 0.717) is 47.3 Å². The van der Waals surface area contributed by atoms with Gasteiger partial charge in [-0.2, -0.15) is 0 Å². The summed E-state index contributed by atoms with van der Waals surface area (Å²) < 4.78 is 5.46. The van der Waals surface area contributed by atoms with E-state index in [4.69, 9.17) is 33.1 Å². The van der Waals surface area contributed by atoms with Crippen LogP contribution >= 0.6 is 23.2 Å². The molecule has 158 valence electrons. The minimum atomic E-state index is -0.412. The number of hydrogen-bond donors (Lipinski definition) is 2. The summed E-state index contributed by atoms with van der Waals surface area (Å²) in [4.78, 5) is 25.9. The van der Waals surface area contributed by atoms with Gasteiger partial charge in [0.2, 0.25) is 11.8 Å². The van der Waals surface area contributed by atoms with Crippen molar-refractivity contribution in [3.63, 3.8) is 0 Å². The summed E-state index contributed by atoms with van der Waals surface area (Å²) in [5.74, 6) is -0.201. The van der Waals surface area contributed by atoms with Gasteiger partial charge >= 0.3 is 0 Å². The Labute approximate surface area is 185 Å². The van der Waals surface area contributed by atoms with Gasteiger partial charge in [-0.25, -0.2) is 5.48 Å². The van der Waals surface area contributed by atoms with Crippen LogP contribution in [-0.4, -0.2) is 42.1 Å². The van der Waals surface area contributed by atoms with Crippen molar-refractivity contribution in [2.45, 2.75) is 12.8 Å². The molecule has 1 aliphatic rings. The summed E-state index contributed by atoms with van der Waals surface area (Å²) in [7, 11) is 1.59. The van der Waals surface area contributed by atoms with Gasteiger partial charge in [-0.3, -0.25) is 14.8 Å². The summed E-state index contributed by atoms with van der Waals surface area (Å²) in [6, 6.07) is 11.1. The third-order valence-corrected chi connectivity index (χ3v) is 6.03. The number of piperidine rings is 1. The number of para-hydroxylation sites is 1. The maximum absolute atomic E-state index is 12.7. The molecule has 0 saturated carbocycles. The molecule has 30 heavy (non-hydrogen) atoms. The Morgan fingerprint density at radius 1 is 1.13 bits per heavy atom. The molecular weight excluding hydrogens is 427 g/mol. The van der Waals surface area contributed by atoms with E-state index >= 15 is 0 Å². The van der Waals surface area contributed by atoms with Gasteiger partial charge in [-0.1, -0.05) is 47.5 Å². The second-order valence-electron chi connectivity index (χ2n) is 6.93. The first-order chi connectivity index (χ1) is 14.5. The lowest BCUT2D eigenvalue weighted by atomic mass is 9.96. The summed E-state index contributed by atoms with van der Waals surface area (Å²) in [5.41, 5.74) is 3.93. The molecule has 2 N–H and O–H groups in total. The number of nitrogens with zero attached hydrogens (tertiary/aromatic N) is 1. The number of benzene rings is 2. The number of likely N-dealkylation sites (tertiary alicyclic amines) is 1. The van der Waals surface area contributed by atoms with Gasteiger partial charge < -0.3 is 9.64 Å². The molecule has 0 bridgehead atoms. The van der Waals surface area contributed by atoms with Crippen molar-refractivity contribution in [1.82, 2.24) is 10.4 Å². The maximum Gasteiger partial charge on any atom is 0.246 e. The molecule has 3 rings (SSSR count). The number of carbonyl (C=O) groups is 2. The molecule has 0 spiro atoms. The van der Waals surface area contributed by atoms with Crippen molar-refractivity contribution >= 4 is 41.1 Å². The highest BCUT2D eigenvalue weighted by atomic mass is 35.5. The third kappa shape index (κ3) is 4.78. The fraction of sp³-hybridized carbons (Fsp3) is 0.273. The Kier molecular flexibility index (Phi) is 7.37. The Bertz CT molecular complexity index is 970. The average Bonchev–Trinajstić information content (AvgIpc) is 2.79. The molecular formula is C22H22Cl2N2O4. The quantitative estimate of drug-likeness (QED) is 0.402. The SMILES string of the molecule is COc1ccccc1-c1ccc(Cl)c(Cl)c1C=CC(=O)N1CCC(C(=O)NO)CC1. The Hall–Kier alpha value is -2.54. The first-order valence-electron chi connectivity index (χ1n) is 9.48. The number of carbonyl (C=O) groups excluding carboxylic acids is 2. The molecule has 1 heterocycles. The van der Waals surface area contributed by atoms with Crippen LogP contribution in [0.25, 0.3) is 17.2 Å². The van der Waals surface area contributed by atoms with Crippen LogP contribution in [0, 0.1) is 5.92 Å². The summed E-state index contributed by atoms with van der Waals surface area (Å²) in [6.45, 7) is 0.869. The zero-order chi connectivity index (χ0) is 21.7. The number of nitrogens with one attached hydrogen (secondary N) is 1. The van der Waals surface area contributed by atoms with Crippen molar-refractivity contribution in [3.05, 3.63) is 58.1 Å². The number of rotatable bonds is 5. The lowest BCUT2D eigenvalue weighted by Crippen LogP contribution is -2.41. The normalized spacial score (nSPS) is 14.7. The van der Waals surface area contributed by atoms with Crippen molar-refractivity contribution in [2.24, 2.45) is 5.92 Å². The topological polar surface area (TPSA) is 78.9 Å². The first kappa shape index (κ1) is 22.2. The van der Waals surface area contributed by atoms with Crippen LogP contribution in [0.2, 0.25) is 10.0 Å². The fourth-order valence-electron chi connectivity index (χ4n) is 3.54. The number of hydrogen-bond acceptors (Lipinski definition) is 4. The number of hydroxylamine groups is 1. The van der Waals surface area contributed by atoms with Gasteiger partial charge in [0.25, 0.3) is 0 Å². The van der Waals surface area contributed by atoms with Gasteiger partial charge in [-0.05, 0) is 36.6 Å². The fourth-order valence-corrected chi connectivity index (χ4v) is 3.94. The van der Waals surface area contributed by atoms with E-state index in [-0.39, 0.29) is 11.8 Å². The second kappa shape index (κ2) is 9.98. The number of ether oxygens (including phenoxy) is 1. The summed E-state index contributed by atoms with van der Waals surface area (Å²) in [5, 5.41) is 9.49. The summed E-state index contributed by atoms with van der Waals surface area (Å²) in [6.07, 6.45) is 4.11. The molecule has 1 saturated heterocycles. The molecule has 2 aromatic rings. The Morgan fingerprint density at radius 3 is 2.50 bits per heavy atom. The van der Waals surface area contributed by atoms with Crippen LogP contribution in [-0.2, 0) is 9.59 Å². The van der Waals surface area contributed by atoms with Crippen LogP contribution in [0.15, 0.2) is 42.5 Å². The van der Waals surface area contributed by atoms with Crippen LogP contribution in [0.4, 0.5) is 0 Å². The molecule has 0 unspecified atom stereocenters. The first-order valence-corrected chi connectivity index (χ1v) is 10.2. The smallest absolute Gasteiger partial charge is 0.246 e. The third-order valence-electron chi connectivity index (χ3n) is 5.21. The van der Waals surface area contributed by atoms with Crippen LogP contribution in [0.3, 0.4) is 0 Å². The zero-order valence-electron chi connectivity index (χ0n) is 16.4. The lowest BCUT2D eigenvalue weighted by molar-refractivity contribution is -0.137. The van der Waals surface area contributed by atoms with Crippen LogP contribution in [0.1, 0.15) is 18.4 Å². The summed E-state index contributed by atoms with van der Waals surface area (Å²) >= 11 is 12.7. The second-order valence-corrected chi connectivity index (χ2v) is 7.72. The van der Waals surface area contributed by atoms with E-state index < -0.39 is 5.91 Å². The van der Waals surface area contributed by atoms with E-state index in [0.717, 1.165) is 11.1 Å². The number of halogens is 2. The largest absolute Gasteiger partial charge is 0.496 e. The highest BCUT2D eigenvalue weighted by Gasteiger charge is 2.26. The van der Waals surface area contributed by atoms with E-state index in [9.17, 15) is 9.59 Å². The van der Waals surface area contributed by atoms with Crippen molar-refractivity contribution in [3.8, 4) is 16.9 Å². The molecule has 0 atom stereocenters. The molecule has 1 fully saturated rings. The van der Waals surface area contributed by atoms with Crippen molar-refractivity contribution in [2.75, 3.05) is 20.2 Å². The molecule has 0 aromatic heterocycles. The van der Waals surface area contributed by atoms with Gasteiger partial charge in [0.15, 0.2) is 0 Å². The van der Waals surface area contributed by atoms with Gasteiger partial charge in [0.1, 0.15) is 5.75 Å². The van der Waals surface area contributed by atoms with Gasteiger partial charge in [-0.15, -0.1) is 0 Å². The Balaban J connectivity index is 1.84. The highest BCUT2D eigenvalue weighted by molar-refractivity contribution is 6.43. The molecule has 2 aromatic carbocycles. The minimum Gasteiger partial charge on any atom is -0.496 e. The molecule has 2 amide bonds. The van der Waals surface area contributed by atoms with Crippen LogP contribution < -0.4 is 10.2 Å². The van der Waals surface area contributed by atoms with E-state index in [2.05, 4.69) is 0 Å². The monoisotopic (exact) mass is 448 g/mol. The molecule has 6 nitrogen and oxygen atoms in total. The predicted molar refractivity (Wildman–Crippen MR) is 117 cm³/mol. The van der Waals surface area contributed by atoms with Gasteiger partial charge in [0, 0.05) is 36.2 Å². The molecule has 0 aliphatic carbocycles. The molecule has 8 heteroatoms. The average molecular weight is 449 g/mol. The minimum absolute atomic E-state index is 0.181. The van der Waals surface area contributed by atoms with Gasteiger partial charge in [0.05, 0.1) is 17.2 Å². The predicted octanol–water partition coefficient (Wildman–Crippen LogP) is 4.43. The van der Waals surface area contributed by atoms with E-state index in [1.807, 2.05) is 30.3 Å². The standard InChI is InChI=1S/C22H22Cl2N2O4/c1-30-19-5-3-2-4-16(19)15-6-8-18(23)21(24)17(15)7-9-20(27)26-12-10-14(11-13-26)22(28)25-29/h2-9,14,29H,10-13H2,1H3,(H,25,28). The van der Waals surface area contributed by atoms with E-state index in [1.54, 1.807) is 29.6 Å². The highest BCUT2D eigenvalue weighted by Crippen LogP contribution is 2.39. The van der Waals surface area contributed by atoms with E-state index in [1.165, 1.54) is 6.08 Å². The molecule has 0 radical (unpaired) electrons. The van der Waals surface area contributed by atoms with Crippen molar-refractivity contribution < 1.29 is 19.5 Å². The lowest BCUT2D eigenvalue weighted by Gasteiger charge is -2.30. The maximum atomic E-state index is 12.7. The number of methoxy groups -OCH3 is 1. The molecule has 1 aliphatic heterocycles. The van der Waals surface area contributed by atoms with Crippen LogP contribution in [0.5, 0.6) is 5.75 Å². The Morgan fingerprint density at radius 2 is 1.83 bits per heavy atom. The number of amides is 2. The zero-order valence-corrected chi connectivity index (χ0v) is 17.9.